The molecule has 0 aliphatic carbocycles. The van der Waals surface area contributed by atoms with E-state index in [1.807, 2.05) is 20.8 Å². The minimum absolute atomic E-state index is 0.444. The van der Waals surface area contributed by atoms with Gasteiger partial charge in [-0.05, 0) is 20.8 Å². The predicted molar refractivity (Wildman–Crippen MR) is 51.2 cm³/mol. The largest absolute Gasteiger partial charge is 0.443 e. The third kappa shape index (κ3) is 7.81. The van der Waals surface area contributed by atoms with Gasteiger partial charge in [0.05, 0.1) is 0 Å². The number of carbonyl (C=O) groups is 1. The fourth-order valence-electron chi connectivity index (χ4n) is 0.486. The van der Waals surface area contributed by atoms with Crippen LogP contribution in [0.4, 0.5) is 4.79 Å². The fourth-order valence-corrected chi connectivity index (χ4v) is 0.684. The summed E-state index contributed by atoms with van der Waals surface area (Å²) in [7, 11) is 0. The monoisotopic (exact) mass is 238 g/mol. The lowest BCUT2D eigenvalue weighted by Crippen LogP contribution is -2.41. The highest BCUT2D eigenvalue weighted by molar-refractivity contribution is 9.09. The number of hydrazine groups is 1. The predicted octanol–water partition coefficient (Wildman–Crippen LogP) is 1.41. The molecule has 0 atom stereocenters. The van der Waals surface area contributed by atoms with E-state index in [1.54, 1.807) is 0 Å². The van der Waals surface area contributed by atoms with Crippen LogP contribution in [0.3, 0.4) is 0 Å². The fraction of sp³-hybridized carbons (Fsp3) is 0.857. The van der Waals surface area contributed by atoms with E-state index in [0.717, 1.165) is 5.33 Å². The topological polar surface area (TPSA) is 50.4 Å². The first-order valence-electron chi connectivity index (χ1n) is 3.73. The average molecular weight is 239 g/mol. The average Bonchev–Trinajstić information content (AvgIpc) is 1.84. The quantitative estimate of drug-likeness (QED) is 0.444. The van der Waals surface area contributed by atoms with E-state index in [0.29, 0.717) is 6.54 Å². The molecule has 0 rings (SSSR count). The summed E-state index contributed by atoms with van der Waals surface area (Å²) in [4.78, 5) is 10.9. The van der Waals surface area contributed by atoms with Crippen LogP contribution in [0.25, 0.3) is 0 Å². The van der Waals surface area contributed by atoms with Crippen LogP contribution < -0.4 is 10.9 Å². The number of hydrogen-bond donors (Lipinski definition) is 2. The third-order valence-corrected chi connectivity index (χ3v) is 1.21. The number of carbonyl (C=O) groups excluding carboxylic acids is 1. The standard InChI is InChI=1S/C7H15BrN2O2/c1-7(2,3)12-6(11)10-9-5-4-8/h9H,4-5H2,1-3H3,(H,10,11). The molecule has 5 heteroatoms. The zero-order valence-corrected chi connectivity index (χ0v) is 9.19. The molecule has 0 aliphatic heterocycles. The van der Waals surface area contributed by atoms with E-state index in [9.17, 15) is 4.79 Å². The summed E-state index contributed by atoms with van der Waals surface area (Å²) in [5, 5.41) is 0.781. The molecule has 0 fully saturated rings. The van der Waals surface area contributed by atoms with Crippen LogP contribution in [0, 0.1) is 0 Å². The lowest BCUT2D eigenvalue weighted by molar-refractivity contribution is 0.0500. The molecule has 0 radical (unpaired) electrons. The highest BCUT2D eigenvalue weighted by Crippen LogP contribution is 2.05. The maximum absolute atomic E-state index is 10.9. The zero-order valence-electron chi connectivity index (χ0n) is 7.61. The maximum Gasteiger partial charge on any atom is 0.422 e. The van der Waals surface area contributed by atoms with Crippen molar-refractivity contribution < 1.29 is 9.53 Å². The van der Waals surface area contributed by atoms with Crippen molar-refractivity contribution in [2.75, 3.05) is 11.9 Å². The van der Waals surface area contributed by atoms with Crippen molar-refractivity contribution >= 4 is 22.0 Å². The minimum Gasteiger partial charge on any atom is -0.443 e. The number of alkyl halides is 1. The van der Waals surface area contributed by atoms with Crippen molar-refractivity contribution in [1.29, 1.82) is 0 Å². The van der Waals surface area contributed by atoms with Crippen LogP contribution in [0.15, 0.2) is 0 Å². The summed E-state index contributed by atoms with van der Waals surface area (Å²) >= 11 is 3.21. The van der Waals surface area contributed by atoms with E-state index in [-0.39, 0.29) is 0 Å². The number of hydrogen-bond acceptors (Lipinski definition) is 3. The summed E-state index contributed by atoms with van der Waals surface area (Å²) in [5.74, 6) is 0. The molecule has 72 valence electrons. The maximum atomic E-state index is 10.9. The molecular formula is C7H15BrN2O2. The van der Waals surface area contributed by atoms with Gasteiger partial charge in [0.2, 0.25) is 0 Å². The van der Waals surface area contributed by atoms with Crippen LogP contribution in [0.5, 0.6) is 0 Å². The molecule has 0 spiro atoms. The van der Waals surface area contributed by atoms with Gasteiger partial charge in [-0.25, -0.2) is 10.2 Å². The first-order chi connectivity index (χ1) is 5.45. The van der Waals surface area contributed by atoms with Crippen molar-refractivity contribution in [3.8, 4) is 0 Å². The van der Waals surface area contributed by atoms with Crippen molar-refractivity contribution in [3.05, 3.63) is 0 Å². The Morgan fingerprint density at radius 1 is 1.50 bits per heavy atom. The van der Waals surface area contributed by atoms with Crippen LogP contribution in [0.2, 0.25) is 0 Å². The number of amides is 1. The third-order valence-electron chi connectivity index (χ3n) is 0.809. The van der Waals surface area contributed by atoms with Gasteiger partial charge in [-0.1, -0.05) is 15.9 Å². The van der Waals surface area contributed by atoms with E-state index in [4.69, 9.17) is 4.74 Å². The Balaban J connectivity index is 3.47. The number of ether oxygens (including phenoxy) is 1. The molecule has 0 bridgehead atoms. The Labute approximate surface area is 81.1 Å². The smallest absolute Gasteiger partial charge is 0.422 e. The summed E-state index contributed by atoms with van der Waals surface area (Å²) < 4.78 is 4.96. The minimum atomic E-state index is -0.455. The summed E-state index contributed by atoms with van der Waals surface area (Å²) in [6, 6.07) is 0. The van der Waals surface area contributed by atoms with E-state index >= 15 is 0 Å². The Morgan fingerprint density at radius 3 is 2.50 bits per heavy atom. The Morgan fingerprint density at radius 2 is 2.08 bits per heavy atom. The SMILES string of the molecule is CC(C)(C)OC(=O)NNCCBr. The van der Waals surface area contributed by atoms with Gasteiger partial charge in [0, 0.05) is 11.9 Å². The van der Waals surface area contributed by atoms with Gasteiger partial charge in [0.15, 0.2) is 0 Å². The van der Waals surface area contributed by atoms with Crippen LogP contribution in [-0.4, -0.2) is 23.6 Å². The molecular weight excluding hydrogens is 224 g/mol. The lowest BCUT2D eigenvalue weighted by atomic mass is 10.2. The molecule has 0 aliphatic rings. The molecule has 0 aromatic carbocycles. The van der Waals surface area contributed by atoms with Gasteiger partial charge in [0.25, 0.3) is 0 Å². The summed E-state index contributed by atoms with van der Waals surface area (Å²) in [5.41, 5.74) is 4.64. The van der Waals surface area contributed by atoms with E-state index in [1.165, 1.54) is 0 Å². The van der Waals surface area contributed by atoms with Gasteiger partial charge in [-0.15, -0.1) is 0 Å². The molecule has 0 unspecified atom stereocenters. The van der Waals surface area contributed by atoms with Crippen LogP contribution in [-0.2, 0) is 4.74 Å². The van der Waals surface area contributed by atoms with Gasteiger partial charge >= 0.3 is 6.09 Å². The number of nitrogens with one attached hydrogen (secondary N) is 2. The molecule has 2 N–H and O–H groups in total. The van der Waals surface area contributed by atoms with Gasteiger partial charge < -0.3 is 4.74 Å². The normalized spacial score (nSPS) is 11.0. The zero-order chi connectivity index (χ0) is 9.61. The Hall–Kier alpha value is -0.290. The molecule has 4 nitrogen and oxygen atoms in total. The molecule has 0 saturated heterocycles. The second-order valence-electron chi connectivity index (χ2n) is 3.24. The number of rotatable bonds is 3. The highest BCUT2D eigenvalue weighted by Gasteiger charge is 2.15. The summed E-state index contributed by atoms with van der Waals surface area (Å²) in [6.07, 6.45) is -0.455. The van der Waals surface area contributed by atoms with Crippen molar-refractivity contribution in [2.24, 2.45) is 0 Å². The first kappa shape index (κ1) is 11.7. The molecule has 0 saturated carbocycles. The van der Waals surface area contributed by atoms with Crippen molar-refractivity contribution in [3.63, 3.8) is 0 Å². The van der Waals surface area contributed by atoms with Crippen LogP contribution in [0.1, 0.15) is 20.8 Å². The second-order valence-corrected chi connectivity index (χ2v) is 4.04. The van der Waals surface area contributed by atoms with Crippen molar-refractivity contribution in [1.82, 2.24) is 10.9 Å². The van der Waals surface area contributed by atoms with E-state index in [2.05, 4.69) is 26.8 Å². The van der Waals surface area contributed by atoms with Gasteiger partial charge in [-0.3, -0.25) is 5.43 Å². The Kier molecular flexibility index (Phi) is 5.24. The molecule has 0 aromatic rings. The highest BCUT2D eigenvalue weighted by atomic mass is 79.9. The lowest BCUT2D eigenvalue weighted by Gasteiger charge is -2.19. The van der Waals surface area contributed by atoms with Gasteiger partial charge in [-0.2, -0.15) is 0 Å². The number of halogens is 1. The molecule has 0 heterocycles. The molecule has 1 amide bonds. The molecule has 0 aromatic heterocycles. The Bertz CT molecular complexity index is 145. The van der Waals surface area contributed by atoms with Gasteiger partial charge in [0.1, 0.15) is 5.60 Å². The van der Waals surface area contributed by atoms with Crippen molar-refractivity contribution in [2.45, 2.75) is 26.4 Å². The summed E-state index contributed by atoms with van der Waals surface area (Å²) in [6.45, 7) is 6.12. The van der Waals surface area contributed by atoms with Crippen LogP contribution >= 0.6 is 15.9 Å². The first-order valence-corrected chi connectivity index (χ1v) is 4.85. The molecule has 12 heavy (non-hydrogen) atoms. The second kappa shape index (κ2) is 5.37. The van der Waals surface area contributed by atoms with E-state index < -0.39 is 11.7 Å².